The van der Waals surface area contributed by atoms with E-state index in [0.717, 1.165) is 6.42 Å². The van der Waals surface area contributed by atoms with Gasteiger partial charge >= 0.3 is 5.97 Å². The zero-order chi connectivity index (χ0) is 25.7. The first-order valence-corrected chi connectivity index (χ1v) is 12.7. The fourth-order valence-corrected chi connectivity index (χ4v) is 7.04. The third-order valence-corrected chi connectivity index (χ3v) is 7.84. The first-order valence-electron chi connectivity index (χ1n) is 12.7. The first kappa shape index (κ1) is 26.9. The predicted octanol–water partition coefficient (Wildman–Crippen LogP) is 2.66. The first-order chi connectivity index (χ1) is 15.6. The highest BCUT2D eigenvalue weighted by molar-refractivity contribution is 5.98. The van der Waals surface area contributed by atoms with Crippen molar-refractivity contribution in [3.05, 3.63) is 0 Å². The number of aliphatic hydroxyl groups excluding tert-OH is 1. The molecular weight excluding hydrogens is 436 g/mol. The van der Waals surface area contributed by atoms with Gasteiger partial charge in [-0.2, -0.15) is 0 Å². The largest absolute Gasteiger partial charge is 0.466 e. The van der Waals surface area contributed by atoms with Crippen LogP contribution in [0, 0.1) is 23.2 Å². The molecule has 34 heavy (non-hydrogen) atoms. The number of nitrogens with zero attached hydrogens (tertiary/aromatic N) is 1. The van der Waals surface area contributed by atoms with Gasteiger partial charge in [-0.15, -0.1) is 0 Å². The van der Waals surface area contributed by atoms with Gasteiger partial charge in [0, 0.05) is 18.7 Å². The third kappa shape index (κ3) is 4.48. The van der Waals surface area contributed by atoms with Crippen LogP contribution in [-0.4, -0.2) is 70.3 Å². The summed E-state index contributed by atoms with van der Waals surface area (Å²) in [5.41, 5.74) is -2.41. The fourth-order valence-electron chi connectivity index (χ4n) is 7.04. The van der Waals surface area contributed by atoms with Crippen molar-refractivity contribution in [1.82, 2.24) is 10.2 Å². The summed E-state index contributed by atoms with van der Waals surface area (Å²) in [5, 5.41) is 12.5. The number of likely N-dealkylation sites (tertiary alicyclic amines) is 1. The SMILES string of the molecule is CCOC(=O)[C@@H]1[C@H]2C(=O)N(CCCCO)C(C(=O)NC(C)(C)CC(C)(C)C)C23CC(C)[C@@]1(C)O3. The molecule has 0 aliphatic carbocycles. The molecule has 8 heteroatoms. The van der Waals surface area contributed by atoms with Crippen molar-refractivity contribution in [3.63, 3.8) is 0 Å². The van der Waals surface area contributed by atoms with Gasteiger partial charge < -0.3 is 24.8 Å². The molecule has 0 aromatic heterocycles. The van der Waals surface area contributed by atoms with Crippen molar-refractivity contribution < 1.29 is 29.0 Å². The van der Waals surface area contributed by atoms with Crippen molar-refractivity contribution in [2.75, 3.05) is 19.8 Å². The van der Waals surface area contributed by atoms with Crippen molar-refractivity contribution in [2.45, 2.75) is 104 Å². The van der Waals surface area contributed by atoms with Gasteiger partial charge in [-0.3, -0.25) is 14.4 Å². The molecular formula is C26H44N2O6. The Morgan fingerprint density at radius 2 is 1.88 bits per heavy atom. The molecule has 3 fully saturated rings. The second-order valence-electron chi connectivity index (χ2n) is 12.5. The summed E-state index contributed by atoms with van der Waals surface area (Å²) >= 11 is 0. The Balaban J connectivity index is 2.01. The molecule has 0 aromatic carbocycles. The van der Waals surface area contributed by atoms with Gasteiger partial charge in [0.25, 0.3) is 0 Å². The molecule has 0 radical (unpaired) electrons. The zero-order valence-electron chi connectivity index (χ0n) is 22.2. The molecule has 6 atom stereocenters. The van der Waals surface area contributed by atoms with E-state index in [1.165, 1.54) is 0 Å². The van der Waals surface area contributed by atoms with Crippen LogP contribution in [0.2, 0.25) is 0 Å². The maximum absolute atomic E-state index is 13.9. The standard InChI is InChI=1S/C26H44N2O6/c1-9-33-22(32)18-17-21(31)28(12-10-11-13-29)19(26(17)14-16(2)25(18,8)34-26)20(30)27-24(6,7)15-23(3,4)5/h16-19,29H,9-15H2,1-8H3,(H,27,30)/t16?,17-,18-,19?,25+,26?/m0/s1. The summed E-state index contributed by atoms with van der Waals surface area (Å²) in [4.78, 5) is 42.5. The molecule has 2 N–H and O–H groups in total. The number of carbonyl (C=O) groups excluding carboxylic acids is 3. The van der Waals surface area contributed by atoms with Crippen molar-refractivity contribution in [3.8, 4) is 0 Å². The van der Waals surface area contributed by atoms with Gasteiger partial charge in [-0.25, -0.2) is 0 Å². The molecule has 3 heterocycles. The number of fused-ring (bicyclic) bond motifs is 1. The monoisotopic (exact) mass is 480 g/mol. The quantitative estimate of drug-likeness (QED) is 0.388. The lowest BCUT2D eigenvalue weighted by Gasteiger charge is -2.38. The average molecular weight is 481 g/mol. The number of rotatable bonds is 9. The molecule has 2 bridgehead atoms. The van der Waals surface area contributed by atoms with E-state index >= 15 is 0 Å². The van der Waals surface area contributed by atoms with Crippen LogP contribution in [0.3, 0.4) is 0 Å². The van der Waals surface area contributed by atoms with E-state index in [1.54, 1.807) is 11.8 Å². The van der Waals surface area contributed by atoms with E-state index in [-0.39, 0.29) is 36.4 Å². The number of ether oxygens (including phenoxy) is 2. The molecule has 1 spiro atoms. The maximum atomic E-state index is 13.9. The van der Waals surface area contributed by atoms with Crippen LogP contribution in [0.4, 0.5) is 0 Å². The highest BCUT2D eigenvalue weighted by Gasteiger charge is 2.80. The molecule has 0 aromatic rings. The second-order valence-corrected chi connectivity index (χ2v) is 12.5. The minimum absolute atomic E-state index is 0.00319. The Bertz CT molecular complexity index is 821. The van der Waals surface area contributed by atoms with Gasteiger partial charge in [0.15, 0.2) is 0 Å². The van der Waals surface area contributed by atoms with Crippen LogP contribution >= 0.6 is 0 Å². The van der Waals surface area contributed by atoms with Gasteiger partial charge in [0.1, 0.15) is 17.6 Å². The van der Waals surface area contributed by atoms with E-state index in [0.29, 0.717) is 25.8 Å². The van der Waals surface area contributed by atoms with Crippen LogP contribution < -0.4 is 5.32 Å². The molecule has 3 rings (SSSR count). The molecule has 3 aliphatic rings. The summed E-state index contributed by atoms with van der Waals surface area (Å²) in [6.45, 7) is 16.6. The van der Waals surface area contributed by atoms with Crippen LogP contribution in [0.5, 0.6) is 0 Å². The number of hydrogen-bond donors (Lipinski definition) is 2. The minimum Gasteiger partial charge on any atom is -0.466 e. The number of aliphatic hydroxyl groups is 1. The lowest BCUT2D eigenvalue weighted by molar-refractivity contribution is -0.161. The summed E-state index contributed by atoms with van der Waals surface area (Å²) < 4.78 is 12.0. The van der Waals surface area contributed by atoms with Crippen LogP contribution in [0.1, 0.15) is 81.1 Å². The van der Waals surface area contributed by atoms with Crippen LogP contribution in [-0.2, 0) is 23.9 Å². The molecule has 0 saturated carbocycles. The van der Waals surface area contributed by atoms with Crippen molar-refractivity contribution >= 4 is 17.8 Å². The maximum Gasteiger partial charge on any atom is 0.312 e. The molecule has 8 nitrogen and oxygen atoms in total. The Labute approximate surface area is 204 Å². The number of esters is 1. The fraction of sp³-hybridized carbons (Fsp3) is 0.885. The summed E-state index contributed by atoms with van der Waals surface area (Å²) in [6, 6.07) is -0.827. The number of amides is 2. The molecule has 3 unspecified atom stereocenters. The van der Waals surface area contributed by atoms with Gasteiger partial charge in [0.2, 0.25) is 11.8 Å². The highest BCUT2D eigenvalue weighted by Crippen LogP contribution is 2.65. The van der Waals surface area contributed by atoms with Gasteiger partial charge in [-0.05, 0) is 64.7 Å². The van der Waals surface area contributed by atoms with Crippen LogP contribution in [0.15, 0.2) is 0 Å². The lowest BCUT2D eigenvalue weighted by atomic mass is 9.62. The number of unbranched alkanes of at least 4 members (excludes halogenated alkanes) is 1. The Morgan fingerprint density at radius 1 is 1.24 bits per heavy atom. The Kier molecular flexibility index (Phi) is 7.19. The minimum atomic E-state index is -1.07. The molecule has 3 saturated heterocycles. The number of nitrogens with one attached hydrogen (secondary N) is 1. The average Bonchev–Trinajstić information content (AvgIpc) is 3.17. The number of hydrogen-bond acceptors (Lipinski definition) is 6. The smallest absolute Gasteiger partial charge is 0.312 e. The summed E-state index contributed by atoms with van der Waals surface area (Å²) in [7, 11) is 0. The third-order valence-electron chi connectivity index (χ3n) is 7.84. The highest BCUT2D eigenvalue weighted by atomic mass is 16.6. The van der Waals surface area contributed by atoms with E-state index in [1.807, 2.05) is 27.7 Å². The second kappa shape index (κ2) is 9.08. The van der Waals surface area contributed by atoms with E-state index < -0.39 is 40.6 Å². The Hall–Kier alpha value is -1.67. The summed E-state index contributed by atoms with van der Waals surface area (Å²) in [5.74, 6) is -2.40. The van der Waals surface area contributed by atoms with Crippen LogP contribution in [0.25, 0.3) is 0 Å². The van der Waals surface area contributed by atoms with Gasteiger partial charge in [-0.1, -0.05) is 27.7 Å². The van der Waals surface area contributed by atoms with E-state index in [4.69, 9.17) is 9.47 Å². The topological polar surface area (TPSA) is 105 Å². The van der Waals surface area contributed by atoms with Crippen molar-refractivity contribution in [2.24, 2.45) is 23.2 Å². The summed E-state index contributed by atoms with van der Waals surface area (Å²) in [6.07, 6.45) is 2.39. The lowest BCUT2D eigenvalue weighted by Crippen LogP contribution is -2.59. The predicted molar refractivity (Wildman–Crippen MR) is 128 cm³/mol. The molecule has 3 aliphatic heterocycles. The number of carbonyl (C=O) groups is 3. The molecule has 2 amide bonds. The Morgan fingerprint density at radius 3 is 2.44 bits per heavy atom. The molecule has 194 valence electrons. The van der Waals surface area contributed by atoms with Gasteiger partial charge in [0.05, 0.1) is 18.1 Å². The van der Waals surface area contributed by atoms with E-state index in [9.17, 15) is 19.5 Å². The van der Waals surface area contributed by atoms with E-state index in [2.05, 4.69) is 26.1 Å². The van der Waals surface area contributed by atoms with Crippen molar-refractivity contribution in [1.29, 1.82) is 0 Å². The normalized spacial score (nSPS) is 35.0. The zero-order valence-corrected chi connectivity index (χ0v) is 22.2.